The van der Waals surface area contributed by atoms with E-state index in [4.69, 9.17) is 0 Å². The highest BCUT2D eigenvalue weighted by atomic mass is 19.1. The van der Waals surface area contributed by atoms with Crippen LogP contribution >= 0.6 is 0 Å². The first kappa shape index (κ1) is 13.1. The Kier molecular flexibility index (Phi) is 4.87. The van der Waals surface area contributed by atoms with Gasteiger partial charge in [-0.25, -0.2) is 8.78 Å². The van der Waals surface area contributed by atoms with Crippen LogP contribution in [-0.2, 0) is 0 Å². The highest BCUT2D eigenvalue weighted by Gasteiger charge is 2.22. The van der Waals surface area contributed by atoms with Gasteiger partial charge in [-0.1, -0.05) is 19.2 Å². The Morgan fingerprint density at radius 1 is 1.44 bits per heavy atom. The standard InChI is InChI=1S/C13H19F2N/c1-4-12(10(3)14)13(15)9(2)11-5-7-16-8-6-11/h4,10-11,16H,1-2,5-8H2,3H3/b13-12-. The lowest BCUT2D eigenvalue weighted by atomic mass is 9.88. The molecule has 0 aliphatic carbocycles. The van der Waals surface area contributed by atoms with E-state index < -0.39 is 12.0 Å². The largest absolute Gasteiger partial charge is 0.317 e. The van der Waals surface area contributed by atoms with Crippen LogP contribution in [0.1, 0.15) is 19.8 Å². The summed E-state index contributed by atoms with van der Waals surface area (Å²) in [5.41, 5.74) is 0.435. The first-order valence-electron chi connectivity index (χ1n) is 5.64. The molecule has 1 unspecified atom stereocenters. The van der Waals surface area contributed by atoms with Crippen molar-refractivity contribution in [1.82, 2.24) is 5.32 Å². The molecule has 0 amide bonds. The van der Waals surface area contributed by atoms with Crippen molar-refractivity contribution < 1.29 is 8.78 Å². The van der Waals surface area contributed by atoms with E-state index in [1.54, 1.807) is 0 Å². The summed E-state index contributed by atoms with van der Waals surface area (Å²) in [5, 5.41) is 3.20. The van der Waals surface area contributed by atoms with Crippen molar-refractivity contribution in [3.8, 4) is 0 Å². The maximum Gasteiger partial charge on any atom is 0.132 e. The van der Waals surface area contributed by atoms with Crippen molar-refractivity contribution in [1.29, 1.82) is 0 Å². The molecule has 1 aliphatic heterocycles. The zero-order chi connectivity index (χ0) is 12.1. The second-order valence-corrected chi connectivity index (χ2v) is 4.14. The molecular formula is C13H19F2N. The maximum absolute atomic E-state index is 13.9. The lowest BCUT2D eigenvalue weighted by molar-refractivity contribution is 0.392. The van der Waals surface area contributed by atoms with Crippen LogP contribution in [0.4, 0.5) is 8.78 Å². The van der Waals surface area contributed by atoms with Gasteiger partial charge in [0.25, 0.3) is 0 Å². The predicted molar refractivity (Wildman–Crippen MR) is 63.6 cm³/mol. The summed E-state index contributed by atoms with van der Waals surface area (Å²) >= 11 is 0. The Morgan fingerprint density at radius 2 is 2.00 bits per heavy atom. The number of allylic oxidation sites excluding steroid dienone is 4. The lowest BCUT2D eigenvalue weighted by Gasteiger charge is -2.24. The molecule has 16 heavy (non-hydrogen) atoms. The summed E-state index contributed by atoms with van der Waals surface area (Å²) in [6.07, 6.45) is 1.62. The van der Waals surface area contributed by atoms with E-state index in [0.29, 0.717) is 5.57 Å². The number of hydrogen-bond acceptors (Lipinski definition) is 1. The Labute approximate surface area is 95.9 Å². The zero-order valence-corrected chi connectivity index (χ0v) is 9.73. The Bertz CT molecular complexity index is 299. The van der Waals surface area contributed by atoms with E-state index in [9.17, 15) is 8.78 Å². The van der Waals surface area contributed by atoms with E-state index in [1.165, 1.54) is 13.0 Å². The molecule has 0 radical (unpaired) electrons. The van der Waals surface area contributed by atoms with Gasteiger partial charge in [0, 0.05) is 5.57 Å². The normalized spacial score (nSPS) is 21.2. The van der Waals surface area contributed by atoms with Gasteiger partial charge in [0.1, 0.15) is 12.0 Å². The van der Waals surface area contributed by atoms with Crippen LogP contribution in [-0.4, -0.2) is 19.3 Å². The fourth-order valence-electron chi connectivity index (χ4n) is 1.96. The molecule has 1 atom stereocenters. The predicted octanol–water partition coefficient (Wildman–Crippen LogP) is 3.31. The smallest absolute Gasteiger partial charge is 0.132 e. The van der Waals surface area contributed by atoms with Gasteiger partial charge in [0.15, 0.2) is 0 Å². The average Bonchev–Trinajstić information content (AvgIpc) is 2.29. The minimum Gasteiger partial charge on any atom is -0.317 e. The van der Waals surface area contributed by atoms with Crippen LogP contribution in [0.25, 0.3) is 0 Å². The quantitative estimate of drug-likeness (QED) is 0.726. The molecule has 1 saturated heterocycles. The number of alkyl halides is 1. The summed E-state index contributed by atoms with van der Waals surface area (Å²) in [5.74, 6) is -0.396. The number of hydrogen-bond donors (Lipinski definition) is 1. The average molecular weight is 227 g/mol. The van der Waals surface area contributed by atoms with Crippen molar-refractivity contribution in [2.45, 2.75) is 25.9 Å². The molecule has 0 spiro atoms. The monoisotopic (exact) mass is 227 g/mol. The van der Waals surface area contributed by atoms with Gasteiger partial charge in [0.2, 0.25) is 0 Å². The van der Waals surface area contributed by atoms with Crippen LogP contribution in [0, 0.1) is 5.92 Å². The molecule has 0 saturated carbocycles. The minimum atomic E-state index is -1.34. The van der Waals surface area contributed by atoms with E-state index in [-0.39, 0.29) is 11.5 Å². The second kappa shape index (κ2) is 5.94. The Balaban J connectivity index is 2.81. The molecule has 1 aliphatic rings. The summed E-state index contributed by atoms with van der Waals surface area (Å²) in [7, 11) is 0. The summed E-state index contributed by atoms with van der Waals surface area (Å²) in [6, 6.07) is 0. The van der Waals surface area contributed by atoms with Gasteiger partial charge >= 0.3 is 0 Å². The van der Waals surface area contributed by atoms with Crippen LogP contribution < -0.4 is 5.32 Å². The van der Waals surface area contributed by atoms with E-state index in [1.807, 2.05) is 0 Å². The minimum absolute atomic E-state index is 0.0172. The van der Waals surface area contributed by atoms with Crippen molar-refractivity contribution in [3.63, 3.8) is 0 Å². The first-order valence-corrected chi connectivity index (χ1v) is 5.64. The summed E-state index contributed by atoms with van der Waals surface area (Å²) in [6.45, 7) is 10.2. The van der Waals surface area contributed by atoms with Crippen molar-refractivity contribution >= 4 is 0 Å². The van der Waals surface area contributed by atoms with Crippen LogP contribution in [0.15, 0.2) is 36.2 Å². The van der Waals surface area contributed by atoms with Crippen molar-refractivity contribution in [2.24, 2.45) is 5.92 Å². The highest BCUT2D eigenvalue weighted by molar-refractivity contribution is 5.36. The third-order valence-electron chi connectivity index (χ3n) is 3.02. The Morgan fingerprint density at radius 3 is 2.44 bits per heavy atom. The molecule has 0 aromatic carbocycles. The molecule has 1 rings (SSSR count). The first-order chi connectivity index (χ1) is 7.57. The van der Waals surface area contributed by atoms with E-state index >= 15 is 0 Å². The number of piperidine rings is 1. The molecule has 0 aromatic rings. The third kappa shape index (κ3) is 3.01. The highest BCUT2D eigenvalue weighted by Crippen LogP contribution is 2.30. The number of halogens is 2. The molecule has 1 nitrogen and oxygen atoms in total. The summed E-state index contributed by atoms with van der Waals surface area (Å²) < 4.78 is 27.1. The second-order valence-electron chi connectivity index (χ2n) is 4.14. The van der Waals surface area contributed by atoms with Gasteiger partial charge < -0.3 is 5.32 Å². The van der Waals surface area contributed by atoms with Gasteiger partial charge in [-0.05, 0) is 44.3 Å². The van der Waals surface area contributed by atoms with Crippen LogP contribution in [0.2, 0.25) is 0 Å². The van der Waals surface area contributed by atoms with Gasteiger partial charge in [-0.3, -0.25) is 0 Å². The topological polar surface area (TPSA) is 12.0 Å². The van der Waals surface area contributed by atoms with Crippen molar-refractivity contribution in [2.75, 3.05) is 13.1 Å². The van der Waals surface area contributed by atoms with Crippen LogP contribution in [0.5, 0.6) is 0 Å². The van der Waals surface area contributed by atoms with Gasteiger partial charge in [0.05, 0.1) is 0 Å². The maximum atomic E-state index is 13.9. The molecule has 0 aromatic heterocycles. The molecule has 90 valence electrons. The van der Waals surface area contributed by atoms with Crippen LogP contribution in [0.3, 0.4) is 0 Å². The van der Waals surface area contributed by atoms with Gasteiger partial charge in [-0.15, -0.1) is 0 Å². The SMILES string of the molecule is C=C/C(=C(/F)C(=C)C1CCNCC1)C(C)F. The molecule has 1 N–H and O–H groups in total. The zero-order valence-electron chi connectivity index (χ0n) is 9.73. The number of rotatable bonds is 4. The lowest BCUT2D eigenvalue weighted by Crippen LogP contribution is -2.28. The fourth-order valence-corrected chi connectivity index (χ4v) is 1.96. The molecule has 0 bridgehead atoms. The summed E-state index contributed by atoms with van der Waals surface area (Å²) in [4.78, 5) is 0. The van der Waals surface area contributed by atoms with Crippen molar-refractivity contribution in [3.05, 3.63) is 36.2 Å². The fraction of sp³-hybridized carbons (Fsp3) is 0.538. The molecule has 1 fully saturated rings. The van der Waals surface area contributed by atoms with Gasteiger partial charge in [-0.2, -0.15) is 0 Å². The van der Waals surface area contributed by atoms with E-state index in [2.05, 4.69) is 18.5 Å². The van der Waals surface area contributed by atoms with E-state index in [0.717, 1.165) is 25.9 Å². The molecule has 1 heterocycles. The Hall–Kier alpha value is -0.960. The molecular weight excluding hydrogens is 208 g/mol. The number of nitrogens with one attached hydrogen (secondary N) is 1. The third-order valence-corrected chi connectivity index (χ3v) is 3.02. The molecule has 3 heteroatoms.